The van der Waals surface area contributed by atoms with Crippen LogP contribution >= 0.6 is 0 Å². The molecule has 9 heteroatoms. The van der Waals surface area contributed by atoms with Gasteiger partial charge in [-0.15, -0.1) is 0 Å². The molecule has 1 rings (SSSR count). The number of carbonyl (C=O) groups is 1. The lowest BCUT2D eigenvalue weighted by molar-refractivity contribution is -0.305. The molecule has 0 radical (unpaired) electrons. The number of ether oxygens (including phenoxy) is 4. The van der Waals surface area contributed by atoms with Gasteiger partial charge in [-0.1, -0.05) is 110 Å². The second kappa shape index (κ2) is 24.8. The summed E-state index contributed by atoms with van der Waals surface area (Å²) in [7, 11) is 0. The minimum absolute atomic E-state index is 0.114. The van der Waals surface area contributed by atoms with Gasteiger partial charge in [0.25, 0.3) is 0 Å². The highest BCUT2D eigenvalue weighted by molar-refractivity contribution is 5.69. The van der Waals surface area contributed by atoms with E-state index < -0.39 is 43.4 Å². The van der Waals surface area contributed by atoms with Gasteiger partial charge in [0.1, 0.15) is 30.5 Å². The number of hydrogen-bond acceptors (Lipinski definition) is 9. The Bertz CT molecular complexity index is 589. The van der Waals surface area contributed by atoms with Gasteiger partial charge in [0.15, 0.2) is 6.29 Å². The maximum Gasteiger partial charge on any atom is 0.306 e. The fraction of sp³-hybridized carbons (Fsp3) is 0.968. The minimum atomic E-state index is -1.52. The van der Waals surface area contributed by atoms with Crippen LogP contribution in [0.25, 0.3) is 0 Å². The van der Waals surface area contributed by atoms with Gasteiger partial charge >= 0.3 is 5.97 Å². The van der Waals surface area contributed by atoms with Crippen LogP contribution in [0.4, 0.5) is 0 Å². The molecule has 0 aromatic heterocycles. The van der Waals surface area contributed by atoms with E-state index in [2.05, 4.69) is 6.92 Å². The first-order chi connectivity index (χ1) is 19.4. The fourth-order valence-corrected chi connectivity index (χ4v) is 4.94. The summed E-state index contributed by atoms with van der Waals surface area (Å²) in [6.07, 6.45) is 14.3. The van der Waals surface area contributed by atoms with Crippen molar-refractivity contribution in [1.29, 1.82) is 0 Å². The maximum absolute atomic E-state index is 12.0. The molecule has 0 saturated carbocycles. The van der Waals surface area contributed by atoms with Crippen molar-refractivity contribution in [2.24, 2.45) is 0 Å². The average Bonchev–Trinajstić information content (AvgIpc) is 2.94. The van der Waals surface area contributed by atoms with Crippen LogP contribution in [0.5, 0.6) is 0 Å². The topological polar surface area (TPSA) is 135 Å². The van der Waals surface area contributed by atoms with Gasteiger partial charge in [-0.3, -0.25) is 4.79 Å². The number of aliphatic hydroxyl groups excluding tert-OH is 4. The third-order valence-electron chi connectivity index (χ3n) is 7.49. The summed E-state index contributed by atoms with van der Waals surface area (Å²) in [5.74, 6) is -0.365. The van der Waals surface area contributed by atoms with Gasteiger partial charge in [0.05, 0.1) is 19.8 Å². The summed E-state index contributed by atoms with van der Waals surface area (Å²) in [6, 6.07) is 0. The lowest BCUT2D eigenvalue weighted by atomic mass is 9.99. The molecule has 40 heavy (non-hydrogen) atoms. The number of rotatable bonds is 26. The van der Waals surface area contributed by atoms with E-state index >= 15 is 0 Å². The zero-order valence-corrected chi connectivity index (χ0v) is 25.4. The Labute approximate surface area is 242 Å². The van der Waals surface area contributed by atoms with Crippen molar-refractivity contribution in [2.75, 3.05) is 26.4 Å². The van der Waals surface area contributed by atoms with Crippen LogP contribution < -0.4 is 0 Å². The van der Waals surface area contributed by atoms with Crippen LogP contribution in [-0.4, -0.2) is 89.6 Å². The number of esters is 1. The first-order valence-electron chi connectivity index (χ1n) is 16.1. The molecule has 6 unspecified atom stereocenters. The molecule has 1 aliphatic heterocycles. The molecule has 0 aliphatic carbocycles. The molecule has 0 aromatic carbocycles. The van der Waals surface area contributed by atoms with Crippen molar-refractivity contribution in [1.82, 2.24) is 0 Å². The van der Waals surface area contributed by atoms with Crippen molar-refractivity contribution in [3.05, 3.63) is 0 Å². The predicted octanol–water partition coefficient (Wildman–Crippen LogP) is 4.79. The highest BCUT2D eigenvalue weighted by Crippen LogP contribution is 2.22. The molecule has 6 atom stereocenters. The van der Waals surface area contributed by atoms with Crippen molar-refractivity contribution < 1.29 is 44.2 Å². The quantitative estimate of drug-likeness (QED) is 0.0846. The Morgan fingerprint density at radius 3 is 1.73 bits per heavy atom. The van der Waals surface area contributed by atoms with Crippen molar-refractivity contribution >= 4 is 5.97 Å². The molecule has 0 amide bonds. The smallest absolute Gasteiger partial charge is 0.306 e. The van der Waals surface area contributed by atoms with E-state index in [1.165, 1.54) is 89.9 Å². The number of aliphatic hydroxyl groups is 4. The molecule has 1 heterocycles. The van der Waals surface area contributed by atoms with Gasteiger partial charge in [0, 0.05) is 13.0 Å². The summed E-state index contributed by atoms with van der Waals surface area (Å²) in [5.41, 5.74) is 0. The van der Waals surface area contributed by atoms with E-state index in [4.69, 9.17) is 18.9 Å². The van der Waals surface area contributed by atoms with Crippen molar-refractivity contribution in [3.8, 4) is 0 Å². The Morgan fingerprint density at radius 2 is 1.23 bits per heavy atom. The molecule has 9 nitrogen and oxygen atoms in total. The zero-order valence-electron chi connectivity index (χ0n) is 25.4. The Balaban J connectivity index is 2.13. The molecule has 4 N–H and O–H groups in total. The lowest BCUT2D eigenvalue weighted by Gasteiger charge is -2.39. The zero-order chi connectivity index (χ0) is 29.4. The number of carbonyl (C=O) groups excluding carboxylic acids is 1. The summed E-state index contributed by atoms with van der Waals surface area (Å²) in [5, 5.41) is 39.3. The van der Waals surface area contributed by atoms with E-state index in [0.717, 1.165) is 12.8 Å². The van der Waals surface area contributed by atoms with E-state index in [9.17, 15) is 25.2 Å². The summed E-state index contributed by atoms with van der Waals surface area (Å²) in [6.45, 7) is 4.19. The third-order valence-corrected chi connectivity index (χ3v) is 7.49. The lowest BCUT2D eigenvalue weighted by Crippen LogP contribution is -2.59. The predicted molar refractivity (Wildman–Crippen MR) is 155 cm³/mol. The largest absolute Gasteiger partial charge is 0.457 e. The van der Waals surface area contributed by atoms with Crippen LogP contribution in [-0.2, 0) is 23.7 Å². The number of hydrogen-bond donors (Lipinski definition) is 4. The second-order valence-electron chi connectivity index (χ2n) is 11.3. The van der Waals surface area contributed by atoms with Gasteiger partial charge in [-0.2, -0.15) is 0 Å². The highest BCUT2D eigenvalue weighted by Gasteiger charge is 2.44. The Hall–Kier alpha value is -0.810. The average molecular weight is 577 g/mol. The molecule has 238 valence electrons. The highest BCUT2D eigenvalue weighted by atomic mass is 16.7. The van der Waals surface area contributed by atoms with E-state index in [-0.39, 0.29) is 25.6 Å². The second-order valence-corrected chi connectivity index (χ2v) is 11.3. The summed E-state index contributed by atoms with van der Waals surface area (Å²) >= 11 is 0. The normalized spacial score (nSPS) is 23.8. The van der Waals surface area contributed by atoms with Crippen molar-refractivity contribution in [2.45, 2.75) is 166 Å². The van der Waals surface area contributed by atoms with Crippen LogP contribution in [0.15, 0.2) is 0 Å². The molecule has 0 aromatic rings. The molecule has 0 spiro atoms. The van der Waals surface area contributed by atoms with Crippen LogP contribution in [0.1, 0.15) is 129 Å². The van der Waals surface area contributed by atoms with Gasteiger partial charge in [-0.05, 0) is 12.8 Å². The number of unbranched alkanes of at least 4 members (excludes halogenated alkanes) is 15. The molecule has 1 fully saturated rings. The first-order valence-corrected chi connectivity index (χ1v) is 16.1. The van der Waals surface area contributed by atoms with E-state index in [1.807, 2.05) is 6.92 Å². The van der Waals surface area contributed by atoms with E-state index in [1.54, 1.807) is 0 Å². The third kappa shape index (κ3) is 17.2. The van der Waals surface area contributed by atoms with Crippen LogP contribution in [0.3, 0.4) is 0 Å². The van der Waals surface area contributed by atoms with Crippen LogP contribution in [0, 0.1) is 0 Å². The van der Waals surface area contributed by atoms with Crippen molar-refractivity contribution in [3.63, 3.8) is 0 Å². The fourth-order valence-electron chi connectivity index (χ4n) is 4.94. The van der Waals surface area contributed by atoms with Gasteiger partial charge in [0.2, 0.25) is 0 Å². The molecule has 1 saturated heterocycles. The molecular weight excluding hydrogens is 516 g/mol. The van der Waals surface area contributed by atoms with Crippen LogP contribution in [0.2, 0.25) is 0 Å². The maximum atomic E-state index is 12.0. The molecule has 1 aliphatic rings. The molecule has 0 bridgehead atoms. The van der Waals surface area contributed by atoms with E-state index in [0.29, 0.717) is 13.0 Å². The minimum Gasteiger partial charge on any atom is -0.457 e. The first kappa shape index (κ1) is 37.2. The Morgan fingerprint density at radius 1 is 0.700 bits per heavy atom. The SMILES string of the molecule is CCCCCCCCCCCCCCCCCCOCC(COC1OC(CO)C(O)C(O)C1O)OC(=O)CCC. The standard InChI is InChI=1S/C31H60O9/c1-3-5-6-7-8-9-10-11-12-13-14-15-16-17-18-19-21-37-23-25(39-27(33)20-4-2)24-38-31-30(36)29(35)28(34)26(22-32)40-31/h25-26,28-32,34-36H,3-24H2,1-2H3. The van der Waals surface area contributed by atoms with Gasteiger partial charge in [-0.25, -0.2) is 0 Å². The van der Waals surface area contributed by atoms with Gasteiger partial charge < -0.3 is 39.4 Å². The summed E-state index contributed by atoms with van der Waals surface area (Å²) < 4.78 is 22.1. The summed E-state index contributed by atoms with van der Waals surface area (Å²) in [4.78, 5) is 12.0. The monoisotopic (exact) mass is 576 g/mol. The Kier molecular flexibility index (Phi) is 23.0. The molecular formula is C31H60O9.